The van der Waals surface area contributed by atoms with E-state index in [-0.39, 0.29) is 12.1 Å². The van der Waals surface area contributed by atoms with Crippen LogP contribution in [0.1, 0.15) is 49.0 Å². The van der Waals surface area contributed by atoms with Gasteiger partial charge in [-0.3, -0.25) is 4.98 Å². The number of pyridine rings is 1. The maximum Gasteiger partial charge on any atom is 0.130 e. The highest BCUT2D eigenvalue weighted by atomic mass is 16.3. The monoisotopic (exact) mass is 296 g/mol. The SMILES string of the molecule is OC1CC([C@H](Nc2cc(C3CC3)ncn2)c2ccccn2)C1. The van der Waals surface area contributed by atoms with Crippen molar-refractivity contribution >= 4 is 5.82 Å². The molecule has 0 amide bonds. The van der Waals surface area contributed by atoms with E-state index in [2.05, 4.69) is 26.3 Å². The summed E-state index contributed by atoms with van der Waals surface area (Å²) in [5, 5.41) is 13.1. The van der Waals surface area contributed by atoms with Crippen molar-refractivity contribution in [2.75, 3.05) is 5.32 Å². The Kier molecular flexibility index (Phi) is 3.50. The van der Waals surface area contributed by atoms with Crippen LogP contribution in [0, 0.1) is 5.92 Å². The Bertz CT molecular complexity index is 638. The molecule has 4 rings (SSSR count). The molecule has 0 radical (unpaired) electrons. The minimum absolute atomic E-state index is 0.0894. The van der Waals surface area contributed by atoms with Gasteiger partial charge in [-0.05, 0) is 43.7 Å². The summed E-state index contributed by atoms with van der Waals surface area (Å²) in [5.41, 5.74) is 2.14. The number of aliphatic hydroxyl groups excluding tert-OH is 1. The molecule has 0 unspecified atom stereocenters. The largest absolute Gasteiger partial charge is 0.393 e. The molecule has 0 aromatic carbocycles. The molecule has 2 aliphatic carbocycles. The first-order valence-corrected chi connectivity index (χ1v) is 7.97. The molecular weight excluding hydrogens is 276 g/mol. The van der Waals surface area contributed by atoms with Gasteiger partial charge in [0.25, 0.3) is 0 Å². The summed E-state index contributed by atoms with van der Waals surface area (Å²) in [7, 11) is 0. The van der Waals surface area contributed by atoms with Crippen LogP contribution in [-0.4, -0.2) is 26.2 Å². The van der Waals surface area contributed by atoms with Crippen LogP contribution in [0.4, 0.5) is 5.82 Å². The Balaban J connectivity index is 1.57. The quantitative estimate of drug-likeness (QED) is 0.887. The predicted molar refractivity (Wildman–Crippen MR) is 83.3 cm³/mol. The highest BCUT2D eigenvalue weighted by Gasteiger charge is 2.36. The van der Waals surface area contributed by atoms with Gasteiger partial charge in [0.2, 0.25) is 0 Å². The number of rotatable bonds is 5. The zero-order chi connectivity index (χ0) is 14.9. The average Bonchev–Trinajstić information content (AvgIpc) is 3.36. The van der Waals surface area contributed by atoms with E-state index in [1.165, 1.54) is 12.8 Å². The Hall–Kier alpha value is -2.01. The molecule has 2 aliphatic rings. The second kappa shape index (κ2) is 5.65. The number of aliphatic hydroxyl groups is 1. The number of hydrogen-bond acceptors (Lipinski definition) is 5. The van der Waals surface area contributed by atoms with Crippen LogP contribution in [0.2, 0.25) is 0 Å². The van der Waals surface area contributed by atoms with E-state index in [1.807, 2.05) is 24.4 Å². The highest BCUT2D eigenvalue weighted by Crippen LogP contribution is 2.41. The lowest BCUT2D eigenvalue weighted by atomic mass is 9.76. The second-order valence-corrected chi connectivity index (χ2v) is 6.36. The normalized spacial score (nSPS) is 25.3. The van der Waals surface area contributed by atoms with Gasteiger partial charge in [0.1, 0.15) is 12.1 Å². The fourth-order valence-corrected chi connectivity index (χ4v) is 3.11. The van der Waals surface area contributed by atoms with Crippen molar-refractivity contribution in [1.29, 1.82) is 0 Å². The van der Waals surface area contributed by atoms with Crippen molar-refractivity contribution < 1.29 is 5.11 Å². The molecule has 5 heteroatoms. The molecule has 114 valence electrons. The highest BCUT2D eigenvalue weighted by molar-refractivity contribution is 5.40. The molecule has 0 aliphatic heterocycles. The predicted octanol–water partition coefficient (Wildman–Crippen LogP) is 2.67. The topological polar surface area (TPSA) is 70.9 Å². The van der Waals surface area contributed by atoms with Crippen LogP contribution in [0.15, 0.2) is 36.8 Å². The van der Waals surface area contributed by atoms with Gasteiger partial charge in [-0.15, -0.1) is 0 Å². The first-order valence-electron chi connectivity index (χ1n) is 7.97. The fourth-order valence-electron chi connectivity index (χ4n) is 3.11. The van der Waals surface area contributed by atoms with Crippen LogP contribution in [0.5, 0.6) is 0 Å². The van der Waals surface area contributed by atoms with Gasteiger partial charge in [0.15, 0.2) is 0 Å². The molecule has 5 nitrogen and oxygen atoms in total. The first kappa shape index (κ1) is 13.6. The standard InChI is InChI=1S/C17H20N4O/c22-13-7-12(8-13)17(14-3-1-2-6-18-14)21-16-9-15(11-4-5-11)19-10-20-16/h1-3,6,9-13,17,22H,4-5,7-8H2,(H,19,20,21)/t12?,13?,17-/m0/s1. The molecule has 0 spiro atoms. The van der Waals surface area contributed by atoms with Crippen LogP contribution in [0.3, 0.4) is 0 Å². The van der Waals surface area contributed by atoms with Gasteiger partial charge in [-0.2, -0.15) is 0 Å². The first-order chi connectivity index (χ1) is 10.8. The van der Waals surface area contributed by atoms with Gasteiger partial charge >= 0.3 is 0 Å². The van der Waals surface area contributed by atoms with Crippen LogP contribution >= 0.6 is 0 Å². The number of nitrogens with zero attached hydrogens (tertiary/aromatic N) is 3. The minimum Gasteiger partial charge on any atom is -0.393 e. The molecular formula is C17H20N4O. The van der Waals surface area contributed by atoms with E-state index in [0.717, 1.165) is 30.0 Å². The lowest BCUT2D eigenvalue weighted by molar-refractivity contribution is 0.0334. The summed E-state index contributed by atoms with van der Waals surface area (Å²) in [6.45, 7) is 0. The van der Waals surface area contributed by atoms with Gasteiger partial charge < -0.3 is 10.4 Å². The maximum atomic E-state index is 9.63. The molecule has 2 aromatic heterocycles. The maximum absolute atomic E-state index is 9.63. The number of nitrogens with one attached hydrogen (secondary N) is 1. The van der Waals surface area contributed by atoms with E-state index >= 15 is 0 Å². The molecule has 0 saturated heterocycles. The van der Waals surface area contributed by atoms with E-state index in [0.29, 0.717) is 11.8 Å². The molecule has 22 heavy (non-hydrogen) atoms. The third-order valence-electron chi connectivity index (χ3n) is 4.61. The van der Waals surface area contributed by atoms with E-state index < -0.39 is 0 Å². The summed E-state index contributed by atoms with van der Waals surface area (Å²) in [5.74, 6) is 1.86. The lowest BCUT2D eigenvalue weighted by Gasteiger charge is -2.38. The minimum atomic E-state index is -0.176. The Morgan fingerprint density at radius 2 is 2.00 bits per heavy atom. The Morgan fingerprint density at radius 3 is 2.68 bits per heavy atom. The van der Waals surface area contributed by atoms with Gasteiger partial charge in [0.05, 0.1) is 17.8 Å². The van der Waals surface area contributed by atoms with Gasteiger partial charge in [0, 0.05) is 23.9 Å². The smallest absolute Gasteiger partial charge is 0.130 e. The summed E-state index contributed by atoms with van der Waals surface area (Å²) in [6, 6.07) is 8.11. The second-order valence-electron chi connectivity index (χ2n) is 6.36. The molecule has 1 atom stereocenters. The van der Waals surface area contributed by atoms with Crippen molar-refractivity contribution in [1.82, 2.24) is 15.0 Å². The van der Waals surface area contributed by atoms with Crippen LogP contribution < -0.4 is 5.32 Å². The van der Waals surface area contributed by atoms with Crippen molar-refractivity contribution in [3.63, 3.8) is 0 Å². The number of aromatic nitrogens is 3. The summed E-state index contributed by atoms with van der Waals surface area (Å²) >= 11 is 0. The Morgan fingerprint density at radius 1 is 1.14 bits per heavy atom. The Labute approximate surface area is 129 Å². The number of hydrogen-bond donors (Lipinski definition) is 2. The third kappa shape index (κ3) is 2.81. The van der Waals surface area contributed by atoms with Crippen molar-refractivity contribution in [3.05, 3.63) is 48.2 Å². The van der Waals surface area contributed by atoms with Crippen LogP contribution in [0.25, 0.3) is 0 Å². The van der Waals surface area contributed by atoms with E-state index in [9.17, 15) is 5.11 Å². The van der Waals surface area contributed by atoms with E-state index in [1.54, 1.807) is 6.33 Å². The zero-order valence-corrected chi connectivity index (χ0v) is 12.4. The van der Waals surface area contributed by atoms with Crippen LogP contribution in [-0.2, 0) is 0 Å². The van der Waals surface area contributed by atoms with Gasteiger partial charge in [-0.1, -0.05) is 6.07 Å². The lowest BCUT2D eigenvalue weighted by Crippen LogP contribution is -2.36. The van der Waals surface area contributed by atoms with Crippen molar-refractivity contribution in [2.45, 2.75) is 43.7 Å². The van der Waals surface area contributed by atoms with Crippen molar-refractivity contribution in [2.24, 2.45) is 5.92 Å². The fraction of sp³-hybridized carbons (Fsp3) is 0.471. The molecule has 2 N–H and O–H groups in total. The summed E-state index contributed by atoms with van der Waals surface area (Å²) < 4.78 is 0. The number of anilines is 1. The molecule has 2 fully saturated rings. The summed E-state index contributed by atoms with van der Waals surface area (Å²) in [4.78, 5) is 13.2. The molecule has 2 saturated carbocycles. The van der Waals surface area contributed by atoms with Crippen molar-refractivity contribution in [3.8, 4) is 0 Å². The summed E-state index contributed by atoms with van der Waals surface area (Å²) in [6.07, 6.45) is 7.37. The third-order valence-corrected chi connectivity index (χ3v) is 4.61. The molecule has 2 aromatic rings. The average molecular weight is 296 g/mol. The van der Waals surface area contributed by atoms with Gasteiger partial charge in [-0.25, -0.2) is 9.97 Å². The zero-order valence-electron chi connectivity index (χ0n) is 12.4. The molecule has 0 bridgehead atoms. The molecule has 2 heterocycles. The van der Waals surface area contributed by atoms with E-state index in [4.69, 9.17) is 0 Å².